The van der Waals surface area contributed by atoms with Gasteiger partial charge in [0.05, 0.1) is 12.2 Å². The minimum Gasteiger partial charge on any atom is -0.344 e. The summed E-state index contributed by atoms with van der Waals surface area (Å²) in [5.74, 6) is 1.19. The second-order valence-corrected chi connectivity index (χ2v) is 7.05. The molecule has 0 radical (unpaired) electrons. The fourth-order valence-electron chi connectivity index (χ4n) is 3.31. The Kier molecular flexibility index (Phi) is 5.73. The third kappa shape index (κ3) is 4.02. The van der Waals surface area contributed by atoms with Gasteiger partial charge in [-0.05, 0) is 44.5 Å². The fraction of sp³-hybridized carbons (Fsp3) is 0.647. The molecule has 4 nitrogen and oxygen atoms in total. The maximum atomic E-state index is 4.78. The third-order valence-corrected chi connectivity index (χ3v) is 5.60. The van der Waals surface area contributed by atoms with Crippen molar-refractivity contribution in [2.45, 2.75) is 38.8 Å². The first-order valence-electron chi connectivity index (χ1n) is 8.43. The normalized spacial score (nSPS) is 22.6. The van der Waals surface area contributed by atoms with Crippen molar-refractivity contribution in [1.82, 2.24) is 14.8 Å². The smallest absolute Gasteiger partial charge is 0.159 e. The molecule has 1 unspecified atom stereocenters. The number of pyridine rings is 1. The number of rotatable bonds is 5. The second kappa shape index (κ2) is 7.97. The van der Waals surface area contributed by atoms with Crippen LogP contribution in [0.15, 0.2) is 29.4 Å². The molecule has 22 heavy (non-hydrogen) atoms. The quantitative estimate of drug-likeness (QED) is 0.835. The Balaban J connectivity index is 1.72. The molecule has 0 spiro atoms. The number of nitrogens with zero attached hydrogens (tertiary/aromatic N) is 4. The number of aromatic nitrogens is 1. The third-order valence-electron chi connectivity index (χ3n) is 4.47. The van der Waals surface area contributed by atoms with E-state index in [4.69, 9.17) is 4.99 Å². The van der Waals surface area contributed by atoms with E-state index in [0.717, 1.165) is 31.9 Å². The molecule has 1 aromatic rings. The number of likely N-dealkylation sites (N-methyl/N-ethyl adjacent to an activating group) is 1. The van der Waals surface area contributed by atoms with Gasteiger partial charge in [-0.25, -0.2) is 0 Å². The number of thioether (sulfide) groups is 1. The summed E-state index contributed by atoms with van der Waals surface area (Å²) in [6.45, 7) is 7.61. The average Bonchev–Trinajstić information content (AvgIpc) is 3.03. The molecule has 0 saturated carbocycles. The van der Waals surface area contributed by atoms with Crippen molar-refractivity contribution in [2.24, 2.45) is 4.99 Å². The fourth-order valence-corrected chi connectivity index (χ4v) is 4.27. The molecule has 0 aliphatic carbocycles. The number of aliphatic imine (C=N–C) groups is 1. The minimum atomic E-state index is 0.666. The molecule has 0 amide bonds. The van der Waals surface area contributed by atoms with Crippen molar-refractivity contribution < 1.29 is 0 Å². The second-order valence-electron chi connectivity index (χ2n) is 5.99. The van der Waals surface area contributed by atoms with Crippen LogP contribution in [0.4, 0.5) is 0 Å². The first-order valence-corrected chi connectivity index (χ1v) is 9.41. The molecule has 3 heterocycles. The average molecular weight is 318 g/mol. The van der Waals surface area contributed by atoms with E-state index in [0.29, 0.717) is 6.04 Å². The van der Waals surface area contributed by atoms with E-state index in [9.17, 15) is 0 Å². The van der Waals surface area contributed by atoms with E-state index in [1.54, 1.807) is 0 Å². The SMILES string of the molecule is CCN1CCCC1CN(Cc1ccccn1)C1=NCCCS1. The van der Waals surface area contributed by atoms with E-state index in [2.05, 4.69) is 33.8 Å². The van der Waals surface area contributed by atoms with Crippen molar-refractivity contribution in [2.75, 3.05) is 31.9 Å². The van der Waals surface area contributed by atoms with E-state index in [-0.39, 0.29) is 0 Å². The Morgan fingerprint density at radius 2 is 2.32 bits per heavy atom. The summed E-state index contributed by atoms with van der Waals surface area (Å²) in [5.41, 5.74) is 1.14. The van der Waals surface area contributed by atoms with Crippen molar-refractivity contribution in [3.05, 3.63) is 30.1 Å². The van der Waals surface area contributed by atoms with Gasteiger partial charge >= 0.3 is 0 Å². The first-order chi connectivity index (χ1) is 10.9. The van der Waals surface area contributed by atoms with Crippen LogP contribution in [-0.4, -0.2) is 57.9 Å². The van der Waals surface area contributed by atoms with Crippen molar-refractivity contribution >= 4 is 16.9 Å². The minimum absolute atomic E-state index is 0.666. The van der Waals surface area contributed by atoms with Gasteiger partial charge in [0.25, 0.3) is 0 Å². The zero-order valence-corrected chi connectivity index (χ0v) is 14.3. The topological polar surface area (TPSA) is 31.7 Å². The maximum Gasteiger partial charge on any atom is 0.159 e. The van der Waals surface area contributed by atoms with Crippen molar-refractivity contribution in [3.8, 4) is 0 Å². The molecular formula is C17H26N4S. The van der Waals surface area contributed by atoms with Gasteiger partial charge in [0.1, 0.15) is 0 Å². The van der Waals surface area contributed by atoms with Crippen LogP contribution in [0, 0.1) is 0 Å². The van der Waals surface area contributed by atoms with Crippen molar-refractivity contribution in [1.29, 1.82) is 0 Å². The largest absolute Gasteiger partial charge is 0.344 e. The molecular weight excluding hydrogens is 292 g/mol. The molecule has 0 bridgehead atoms. The van der Waals surface area contributed by atoms with Gasteiger partial charge in [-0.1, -0.05) is 24.8 Å². The molecule has 1 saturated heterocycles. The van der Waals surface area contributed by atoms with Crippen LogP contribution in [-0.2, 0) is 6.54 Å². The molecule has 1 atom stereocenters. The maximum absolute atomic E-state index is 4.78. The lowest BCUT2D eigenvalue weighted by atomic mass is 10.2. The summed E-state index contributed by atoms with van der Waals surface area (Å²) in [7, 11) is 0. The van der Waals surface area contributed by atoms with Gasteiger partial charge in [0.2, 0.25) is 0 Å². The van der Waals surface area contributed by atoms with Gasteiger partial charge in [0, 0.05) is 31.1 Å². The Hall–Kier alpha value is -1.07. The summed E-state index contributed by atoms with van der Waals surface area (Å²) in [6.07, 6.45) is 5.73. The monoisotopic (exact) mass is 318 g/mol. The molecule has 3 rings (SSSR count). The Labute approximate surface area is 138 Å². The lowest BCUT2D eigenvalue weighted by molar-refractivity contribution is 0.221. The van der Waals surface area contributed by atoms with Crippen LogP contribution in [0.1, 0.15) is 31.9 Å². The van der Waals surface area contributed by atoms with Crippen LogP contribution in [0.25, 0.3) is 0 Å². The molecule has 2 aliphatic heterocycles. The summed E-state index contributed by atoms with van der Waals surface area (Å²) >= 11 is 1.91. The summed E-state index contributed by atoms with van der Waals surface area (Å²) in [5, 5.41) is 1.22. The van der Waals surface area contributed by atoms with E-state index < -0.39 is 0 Å². The molecule has 2 aliphatic rings. The van der Waals surface area contributed by atoms with Crippen LogP contribution < -0.4 is 0 Å². The standard InChI is InChI=1S/C17H26N4S/c1-2-20-11-5-8-16(20)14-21(17-19-10-6-12-22-17)13-15-7-3-4-9-18-15/h3-4,7,9,16H,2,5-6,8,10-14H2,1H3. The summed E-state index contributed by atoms with van der Waals surface area (Å²) < 4.78 is 0. The first kappa shape index (κ1) is 15.8. The molecule has 120 valence electrons. The Morgan fingerprint density at radius 3 is 3.05 bits per heavy atom. The highest BCUT2D eigenvalue weighted by Crippen LogP contribution is 2.22. The highest BCUT2D eigenvalue weighted by atomic mass is 32.2. The predicted molar refractivity (Wildman–Crippen MR) is 94.3 cm³/mol. The van der Waals surface area contributed by atoms with Gasteiger partial charge in [0.15, 0.2) is 5.17 Å². The van der Waals surface area contributed by atoms with E-state index in [1.807, 2.05) is 24.0 Å². The van der Waals surface area contributed by atoms with Crippen LogP contribution in [0.5, 0.6) is 0 Å². The van der Waals surface area contributed by atoms with E-state index >= 15 is 0 Å². The molecule has 0 N–H and O–H groups in total. The number of hydrogen-bond acceptors (Lipinski definition) is 5. The number of amidine groups is 1. The molecule has 1 fully saturated rings. The zero-order chi connectivity index (χ0) is 15.2. The number of likely N-dealkylation sites (tertiary alicyclic amines) is 1. The summed E-state index contributed by atoms with van der Waals surface area (Å²) in [4.78, 5) is 14.4. The van der Waals surface area contributed by atoms with Gasteiger partial charge in [-0.2, -0.15) is 0 Å². The van der Waals surface area contributed by atoms with Gasteiger partial charge < -0.3 is 4.90 Å². The van der Waals surface area contributed by atoms with Gasteiger partial charge in [-0.15, -0.1) is 0 Å². The molecule has 1 aromatic heterocycles. The molecule has 5 heteroatoms. The van der Waals surface area contributed by atoms with Crippen LogP contribution >= 0.6 is 11.8 Å². The van der Waals surface area contributed by atoms with Crippen LogP contribution in [0.2, 0.25) is 0 Å². The molecule has 0 aromatic carbocycles. The van der Waals surface area contributed by atoms with Crippen LogP contribution in [0.3, 0.4) is 0 Å². The van der Waals surface area contributed by atoms with Gasteiger partial charge in [-0.3, -0.25) is 14.9 Å². The Bertz CT molecular complexity index is 491. The zero-order valence-electron chi connectivity index (χ0n) is 13.4. The lowest BCUT2D eigenvalue weighted by Crippen LogP contribution is -2.42. The Morgan fingerprint density at radius 1 is 1.36 bits per heavy atom. The van der Waals surface area contributed by atoms with E-state index in [1.165, 1.54) is 36.7 Å². The highest BCUT2D eigenvalue weighted by Gasteiger charge is 2.27. The lowest BCUT2D eigenvalue weighted by Gasteiger charge is -2.32. The predicted octanol–water partition coefficient (Wildman–Crippen LogP) is 2.86. The van der Waals surface area contributed by atoms with Crippen molar-refractivity contribution in [3.63, 3.8) is 0 Å². The highest BCUT2D eigenvalue weighted by molar-refractivity contribution is 8.13. The summed E-state index contributed by atoms with van der Waals surface area (Å²) in [6, 6.07) is 6.84. The number of hydrogen-bond donors (Lipinski definition) is 0.